The van der Waals surface area contributed by atoms with E-state index in [9.17, 15) is 8.42 Å². The molecule has 0 aliphatic rings. The van der Waals surface area contributed by atoms with Gasteiger partial charge in [-0.1, -0.05) is 103 Å². The molecule has 0 fully saturated rings. The van der Waals surface area contributed by atoms with Crippen LogP contribution in [0.5, 0.6) is 0 Å². The summed E-state index contributed by atoms with van der Waals surface area (Å²) >= 11 is 0. The standard InChI is InChI=1S/C18H38O3S.Li.H/c1-2-3-4-5-6-7-8-9-10-11-12-13-14-15-16-17-18-22(19,20)21;;/h2-18H2,1H3,(H,19,20,21);;. The van der Waals surface area contributed by atoms with Crippen molar-refractivity contribution in [3.63, 3.8) is 0 Å². The molecule has 136 valence electrons. The fourth-order valence-corrected chi connectivity index (χ4v) is 3.40. The fourth-order valence-electron chi connectivity index (χ4n) is 2.83. The summed E-state index contributed by atoms with van der Waals surface area (Å²) in [5, 5.41) is 0. The first-order valence-electron chi connectivity index (χ1n) is 9.51. The number of hydrogen-bond donors (Lipinski definition) is 1. The van der Waals surface area contributed by atoms with Crippen LogP contribution in [0.25, 0.3) is 0 Å². The van der Waals surface area contributed by atoms with Crippen molar-refractivity contribution in [1.29, 1.82) is 0 Å². The Morgan fingerprint density at radius 1 is 0.565 bits per heavy atom. The normalized spacial score (nSPS) is 11.4. The van der Waals surface area contributed by atoms with E-state index in [2.05, 4.69) is 6.92 Å². The molecule has 0 bridgehead atoms. The van der Waals surface area contributed by atoms with E-state index in [0.29, 0.717) is 6.42 Å². The van der Waals surface area contributed by atoms with Crippen LogP contribution in [0.4, 0.5) is 0 Å². The molecule has 0 rings (SSSR count). The van der Waals surface area contributed by atoms with Gasteiger partial charge in [0.1, 0.15) is 0 Å². The summed E-state index contributed by atoms with van der Waals surface area (Å²) in [7, 11) is -3.74. The second-order valence-electron chi connectivity index (χ2n) is 6.59. The van der Waals surface area contributed by atoms with Gasteiger partial charge in [0, 0.05) is 0 Å². The number of rotatable bonds is 17. The van der Waals surface area contributed by atoms with Crippen LogP contribution < -0.4 is 0 Å². The zero-order valence-corrected chi connectivity index (χ0v) is 15.5. The van der Waals surface area contributed by atoms with Crippen LogP contribution in [-0.2, 0) is 10.1 Å². The molecule has 0 aliphatic carbocycles. The summed E-state index contributed by atoms with van der Waals surface area (Å²) < 4.78 is 29.7. The van der Waals surface area contributed by atoms with E-state index in [0.717, 1.165) is 12.8 Å². The monoisotopic (exact) mass is 342 g/mol. The summed E-state index contributed by atoms with van der Waals surface area (Å²) in [6.07, 6.45) is 20.3. The van der Waals surface area contributed by atoms with Crippen LogP contribution in [0.1, 0.15) is 110 Å². The van der Waals surface area contributed by atoms with Gasteiger partial charge >= 0.3 is 18.9 Å². The molecule has 0 unspecified atom stereocenters. The summed E-state index contributed by atoms with van der Waals surface area (Å²) in [5.74, 6) is -0.0779. The van der Waals surface area contributed by atoms with Crippen molar-refractivity contribution in [2.45, 2.75) is 110 Å². The Hall–Kier alpha value is 0.507. The molecule has 5 heteroatoms. The Morgan fingerprint density at radius 3 is 1.09 bits per heavy atom. The van der Waals surface area contributed by atoms with E-state index in [1.165, 1.54) is 83.5 Å². The van der Waals surface area contributed by atoms with Crippen molar-refractivity contribution in [1.82, 2.24) is 0 Å². The number of hydrogen-bond acceptors (Lipinski definition) is 2. The van der Waals surface area contributed by atoms with E-state index < -0.39 is 10.1 Å². The minimum atomic E-state index is -3.74. The third kappa shape index (κ3) is 24.9. The van der Waals surface area contributed by atoms with Gasteiger partial charge in [0.15, 0.2) is 0 Å². The van der Waals surface area contributed by atoms with Gasteiger partial charge in [0.05, 0.1) is 5.75 Å². The van der Waals surface area contributed by atoms with Crippen LogP contribution in [0.3, 0.4) is 0 Å². The average Bonchev–Trinajstić information content (AvgIpc) is 2.45. The number of unbranched alkanes of at least 4 members (excludes halogenated alkanes) is 15. The maximum atomic E-state index is 10.5. The third-order valence-electron chi connectivity index (χ3n) is 4.26. The molecule has 0 amide bonds. The Kier molecular flexibility index (Phi) is 21.1. The summed E-state index contributed by atoms with van der Waals surface area (Å²) in [6, 6.07) is 0. The van der Waals surface area contributed by atoms with Gasteiger partial charge in [-0.05, 0) is 6.42 Å². The minimum absolute atomic E-state index is 0. The molecular formula is C18H39LiO3S. The Bertz CT molecular complexity index is 318. The molecular weight excluding hydrogens is 303 g/mol. The van der Waals surface area contributed by atoms with Crippen molar-refractivity contribution < 1.29 is 13.0 Å². The molecule has 0 heterocycles. The molecule has 0 spiro atoms. The van der Waals surface area contributed by atoms with Crippen LogP contribution in [-0.4, -0.2) is 37.6 Å². The molecule has 1 N–H and O–H groups in total. The SMILES string of the molecule is CCCCCCCCCCCCCCCCCCS(=O)(=O)O.[LiH]. The van der Waals surface area contributed by atoms with Crippen LogP contribution >= 0.6 is 0 Å². The Labute approximate surface area is 157 Å². The van der Waals surface area contributed by atoms with Crippen LogP contribution in [0.2, 0.25) is 0 Å². The first kappa shape index (κ1) is 25.7. The molecule has 23 heavy (non-hydrogen) atoms. The van der Waals surface area contributed by atoms with Gasteiger partial charge in [0.2, 0.25) is 0 Å². The van der Waals surface area contributed by atoms with E-state index in [1.807, 2.05) is 0 Å². The van der Waals surface area contributed by atoms with Gasteiger partial charge in [-0.2, -0.15) is 8.42 Å². The molecule has 0 aromatic rings. The predicted octanol–water partition coefficient (Wildman–Crippen LogP) is 5.49. The van der Waals surface area contributed by atoms with E-state index in [-0.39, 0.29) is 24.6 Å². The third-order valence-corrected chi connectivity index (χ3v) is 5.06. The predicted molar refractivity (Wildman–Crippen MR) is 103 cm³/mol. The van der Waals surface area contributed by atoms with Crippen molar-refractivity contribution >= 4 is 29.0 Å². The molecule has 3 nitrogen and oxygen atoms in total. The second-order valence-corrected chi connectivity index (χ2v) is 8.16. The zero-order chi connectivity index (χ0) is 16.5. The van der Waals surface area contributed by atoms with Gasteiger partial charge < -0.3 is 0 Å². The van der Waals surface area contributed by atoms with E-state index in [1.54, 1.807) is 0 Å². The second kappa shape index (κ2) is 18.8. The fraction of sp³-hybridized carbons (Fsp3) is 1.00. The Balaban J connectivity index is 0. The molecule has 0 aromatic carbocycles. The van der Waals surface area contributed by atoms with E-state index in [4.69, 9.17) is 4.55 Å². The van der Waals surface area contributed by atoms with Gasteiger partial charge in [0.25, 0.3) is 10.1 Å². The maximum absolute atomic E-state index is 10.5. The van der Waals surface area contributed by atoms with Crippen molar-refractivity contribution in [3.05, 3.63) is 0 Å². The molecule has 0 radical (unpaired) electrons. The van der Waals surface area contributed by atoms with Gasteiger partial charge in [-0.25, -0.2) is 0 Å². The van der Waals surface area contributed by atoms with Gasteiger partial charge in [-0.3, -0.25) is 4.55 Å². The Morgan fingerprint density at radius 2 is 0.826 bits per heavy atom. The summed E-state index contributed by atoms with van der Waals surface area (Å²) in [6.45, 7) is 2.26. The summed E-state index contributed by atoms with van der Waals surface area (Å²) in [4.78, 5) is 0. The van der Waals surface area contributed by atoms with Crippen molar-refractivity contribution in [2.75, 3.05) is 5.75 Å². The quantitative estimate of drug-likeness (QED) is 0.216. The van der Waals surface area contributed by atoms with E-state index >= 15 is 0 Å². The van der Waals surface area contributed by atoms with Crippen molar-refractivity contribution in [3.8, 4) is 0 Å². The van der Waals surface area contributed by atoms with Crippen LogP contribution in [0, 0.1) is 0 Å². The molecule has 0 saturated heterocycles. The zero-order valence-electron chi connectivity index (χ0n) is 14.7. The molecule has 0 atom stereocenters. The van der Waals surface area contributed by atoms with Crippen molar-refractivity contribution in [2.24, 2.45) is 0 Å². The molecule has 0 saturated carbocycles. The van der Waals surface area contributed by atoms with Crippen LogP contribution in [0.15, 0.2) is 0 Å². The van der Waals surface area contributed by atoms with Gasteiger partial charge in [-0.15, -0.1) is 0 Å². The first-order chi connectivity index (χ1) is 10.6. The molecule has 0 aliphatic heterocycles. The average molecular weight is 343 g/mol. The molecule has 0 aromatic heterocycles. The topological polar surface area (TPSA) is 54.4 Å². The summed E-state index contributed by atoms with van der Waals surface area (Å²) in [5.41, 5.74) is 0. The first-order valence-corrected chi connectivity index (χ1v) is 11.1.